The van der Waals surface area contributed by atoms with Gasteiger partial charge < -0.3 is 0 Å². The summed E-state index contributed by atoms with van der Waals surface area (Å²) in [4.78, 5) is 8.92. The maximum absolute atomic E-state index is 4.46. The molecule has 1 aromatic heterocycles. The third-order valence-corrected chi connectivity index (χ3v) is 3.53. The minimum atomic E-state index is -0.215. The van der Waals surface area contributed by atoms with Crippen LogP contribution in [0.2, 0.25) is 0 Å². The molecule has 0 fully saturated rings. The third-order valence-electron chi connectivity index (χ3n) is 2.72. The second-order valence-corrected chi connectivity index (χ2v) is 5.95. The predicted octanol–water partition coefficient (Wildman–Crippen LogP) is 4.33. The summed E-state index contributed by atoms with van der Waals surface area (Å²) >= 11 is 6.79. The average Bonchev–Trinajstić information content (AvgIpc) is 2.29. The molecule has 0 aliphatic rings. The second kappa shape index (κ2) is 4.86. The Balaban J connectivity index is 2.51. The summed E-state index contributed by atoms with van der Waals surface area (Å²) in [5.74, 6) is 0.796. The van der Waals surface area contributed by atoms with Gasteiger partial charge in [0.1, 0.15) is 15.0 Å². The van der Waals surface area contributed by atoms with Gasteiger partial charge >= 0.3 is 0 Å². The molecule has 88 valence electrons. The minimum Gasteiger partial charge on any atom is -0.225 e. The summed E-state index contributed by atoms with van der Waals surface area (Å²) in [6.45, 7) is 4.24. The Bertz CT molecular complexity index is 504. The van der Waals surface area contributed by atoms with Crippen molar-refractivity contribution in [2.45, 2.75) is 19.3 Å². The van der Waals surface area contributed by atoms with Crippen molar-refractivity contribution in [3.8, 4) is 0 Å². The fraction of sp³-hybridized carbons (Fsp3) is 0.231. The first kappa shape index (κ1) is 12.7. The van der Waals surface area contributed by atoms with E-state index in [1.54, 1.807) is 0 Å². The maximum Gasteiger partial charge on any atom is 0.140 e. The van der Waals surface area contributed by atoms with E-state index in [0.717, 1.165) is 15.0 Å². The summed E-state index contributed by atoms with van der Waals surface area (Å²) in [6.07, 6.45) is 0. The fourth-order valence-electron chi connectivity index (χ4n) is 1.65. The van der Waals surface area contributed by atoms with E-state index < -0.39 is 0 Å². The summed E-state index contributed by atoms with van der Waals surface area (Å²) in [6, 6.07) is 12.1. The van der Waals surface area contributed by atoms with Crippen LogP contribution in [0.3, 0.4) is 0 Å². The van der Waals surface area contributed by atoms with Crippen LogP contribution in [-0.4, -0.2) is 9.97 Å². The van der Waals surface area contributed by atoms with Gasteiger partial charge in [-0.25, -0.2) is 9.97 Å². The van der Waals surface area contributed by atoms with Gasteiger partial charge in [0, 0.05) is 11.5 Å². The van der Waals surface area contributed by atoms with E-state index in [9.17, 15) is 0 Å². The standard InChI is InChI=1S/C13H12Br2N2/c1-13(2,9-6-4-3-5-7-9)12-16-10(14)8-11(15)17-12/h3-8H,1-2H3. The highest BCUT2D eigenvalue weighted by Gasteiger charge is 2.26. The highest BCUT2D eigenvalue weighted by molar-refractivity contribution is 9.11. The van der Waals surface area contributed by atoms with Crippen LogP contribution in [0.15, 0.2) is 45.6 Å². The van der Waals surface area contributed by atoms with Gasteiger partial charge in [-0.05, 0) is 51.3 Å². The molecule has 0 atom stereocenters. The van der Waals surface area contributed by atoms with Crippen molar-refractivity contribution in [3.05, 3.63) is 57.0 Å². The van der Waals surface area contributed by atoms with Crippen molar-refractivity contribution in [1.82, 2.24) is 9.97 Å². The molecule has 0 aliphatic heterocycles. The van der Waals surface area contributed by atoms with E-state index in [1.165, 1.54) is 5.56 Å². The number of aromatic nitrogens is 2. The monoisotopic (exact) mass is 354 g/mol. The molecule has 0 aliphatic carbocycles. The van der Waals surface area contributed by atoms with Crippen molar-refractivity contribution < 1.29 is 0 Å². The lowest BCUT2D eigenvalue weighted by Gasteiger charge is -2.23. The number of benzene rings is 1. The highest BCUT2D eigenvalue weighted by Crippen LogP contribution is 2.30. The molecule has 0 saturated carbocycles. The lowest BCUT2D eigenvalue weighted by molar-refractivity contribution is 0.586. The Kier molecular flexibility index (Phi) is 3.64. The first-order valence-electron chi connectivity index (χ1n) is 5.26. The van der Waals surface area contributed by atoms with Crippen LogP contribution in [0.25, 0.3) is 0 Å². The molecule has 0 bridgehead atoms. The van der Waals surface area contributed by atoms with Gasteiger partial charge in [-0.1, -0.05) is 30.3 Å². The molecule has 4 heteroatoms. The number of hydrogen-bond donors (Lipinski definition) is 0. The molecular formula is C13H12Br2N2. The number of hydrogen-bond acceptors (Lipinski definition) is 2. The molecule has 0 spiro atoms. The molecular weight excluding hydrogens is 344 g/mol. The molecule has 1 aromatic carbocycles. The average molecular weight is 356 g/mol. The molecule has 0 radical (unpaired) electrons. The Morgan fingerprint density at radius 2 is 1.47 bits per heavy atom. The van der Waals surface area contributed by atoms with Gasteiger partial charge in [-0.3, -0.25) is 0 Å². The third kappa shape index (κ3) is 2.75. The Labute approximate surface area is 118 Å². The normalized spacial score (nSPS) is 11.5. The first-order valence-corrected chi connectivity index (χ1v) is 6.85. The van der Waals surface area contributed by atoms with Crippen LogP contribution in [0.5, 0.6) is 0 Å². The quantitative estimate of drug-likeness (QED) is 0.749. The van der Waals surface area contributed by atoms with Gasteiger partial charge in [0.15, 0.2) is 0 Å². The maximum atomic E-state index is 4.46. The van der Waals surface area contributed by atoms with E-state index in [2.05, 4.69) is 67.8 Å². The zero-order chi connectivity index (χ0) is 12.5. The van der Waals surface area contributed by atoms with Gasteiger partial charge in [-0.2, -0.15) is 0 Å². The Hall–Kier alpha value is -0.740. The first-order chi connectivity index (χ1) is 8.00. The van der Waals surface area contributed by atoms with E-state index in [0.29, 0.717) is 0 Å². The molecule has 0 N–H and O–H groups in total. The van der Waals surface area contributed by atoms with Gasteiger partial charge in [0.25, 0.3) is 0 Å². The van der Waals surface area contributed by atoms with Crippen molar-refractivity contribution in [2.24, 2.45) is 0 Å². The smallest absolute Gasteiger partial charge is 0.140 e. The van der Waals surface area contributed by atoms with Crippen LogP contribution in [0.4, 0.5) is 0 Å². The zero-order valence-electron chi connectivity index (χ0n) is 9.61. The molecule has 0 saturated heterocycles. The Morgan fingerprint density at radius 3 is 2.00 bits per heavy atom. The second-order valence-electron chi connectivity index (χ2n) is 4.33. The van der Waals surface area contributed by atoms with E-state index >= 15 is 0 Å². The molecule has 2 rings (SSSR count). The largest absolute Gasteiger partial charge is 0.225 e. The van der Waals surface area contributed by atoms with Gasteiger partial charge in [0.2, 0.25) is 0 Å². The van der Waals surface area contributed by atoms with Crippen LogP contribution < -0.4 is 0 Å². The van der Waals surface area contributed by atoms with Crippen LogP contribution in [0, 0.1) is 0 Å². The lowest BCUT2D eigenvalue weighted by Crippen LogP contribution is -2.22. The van der Waals surface area contributed by atoms with Crippen LogP contribution in [0.1, 0.15) is 25.2 Å². The molecule has 1 heterocycles. The topological polar surface area (TPSA) is 25.8 Å². The van der Waals surface area contributed by atoms with Crippen LogP contribution >= 0.6 is 31.9 Å². The number of nitrogens with zero attached hydrogens (tertiary/aromatic N) is 2. The molecule has 17 heavy (non-hydrogen) atoms. The SMILES string of the molecule is CC(C)(c1ccccc1)c1nc(Br)cc(Br)n1. The van der Waals surface area contributed by atoms with E-state index in [-0.39, 0.29) is 5.41 Å². The van der Waals surface area contributed by atoms with Crippen molar-refractivity contribution >= 4 is 31.9 Å². The fourth-order valence-corrected chi connectivity index (χ4v) is 2.73. The lowest BCUT2D eigenvalue weighted by atomic mass is 9.84. The van der Waals surface area contributed by atoms with Crippen LogP contribution in [-0.2, 0) is 5.41 Å². The molecule has 2 nitrogen and oxygen atoms in total. The Morgan fingerprint density at radius 1 is 0.941 bits per heavy atom. The van der Waals surface area contributed by atoms with E-state index in [4.69, 9.17) is 0 Å². The molecule has 2 aromatic rings. The van der Waals surface area contributed by atoms with Crippen molar-refractivity contribution in [1.29, 1.82) is 0 Å². The minimum absolute atomic E-state index is 0.215. The van der Waals surface area contributed by atoms with E-state index in [1.807, 2.05) is 24.3 Å². The summed E-state index contributed by atoms with van der Waals surface area (Å²) in [5.41, 5.74) is 0.984. The van der Waals surface area contributed by atoms with Gasteiger partial charge in [0.05, 0.1) is 0 Å². The summed E-state index contributed by atoms with van der Waals surface area (Å²) < 4.78 is 1.58. The number of halogens is 2. The van der Waals surface area contributed by atoms with Crippen molar-refractivity contribution in [2.75, 3.05) is 0 Å². The highest BCUT2D eigenvalue weighted by atomic mass is 79.9. The zero-order valence-corrected chi connectivity index (χ0v) is 12.8. The van der Waals surface area contributed by atoms with Gasteiger partial charge in [-0.15, -0.1) is 0 Å². The predicted molar refractivity (Wildman–Crippen MR) is 76.0 cm³/mol. The molecule has 0 amide bonds. The summed E-state index contributed by atoms with van der Waals surface area (Å²) in [5, 5.41) is 0. The molecule has 0 unspecified atom stereocenters. The van der Waals surface area contributed by atoms with Crippen molar-refractivity contribution in [3.63, 3.8) is 0 Å². The summed E-state index contributed by atoms with van der Waals surface area (Å²) in [7, 11) is 0. The number of rotatable bonds is 2.